The third-order valence-electron chi connectivity index (χ3n) is 3.88. The average Bonchev–Trinajstić information content (AvgIpc) is 3.12. The van der Waals surface area contributed by atoms with Crippen LogP contribution in [0.3, 0.4) is 0 Å². The molecule has 1 N–H and O–H groups in total. The summed E-state index contributed by atoms with van der Waals surface area (Å²) < 4.78 is 12.5. The van der Waals surface area contributed by atoms with Crippen LogP contribution in [-0.2, 0) is 4.79 Å². The van der Waals surface area contributed by atoms with Crippen LogP contribution in [0.1, 0.15) is 18.7 Å². The molecular weight excluding hydrogens is 346 g/mol. The van der Waals surface area contributed by atoms with Gasteiger partial charge < -0.3 is 14.8 Å². The summed E-state index contributed by atoms with van der Waals surface area (Å²) in [6.45, 7) is 2.27. The first-order valence-electron chi connectivity index (χ1n) is 8.58. The molecule has 0 saturated carbocycles. The van der Waals surface area contributed by atoms with E-state index in [0.717, 1.165) is 5.75 Å². The van der Waals surface area contributed by atoms with Crippen LogP contribution in [-0.4, -0.2) is 39.8 Å². The molecule has 1 heterocycles. The van der Waals surface area contributed by atoms with Gasteiger partial charge in [-0.2, -0.15) is 4.68 Å². The van der Waals surface area contributed by atoms with Crippen LogP contribution in [0.25, 0.3) is 5.69 Å². The number of nitrogens with one attached hydrogen (secondary N) is 1. The van der Waals surface area contributed by atoms with Gasteiger partial charge in [-0.25, -0.2) is 0 Å². The lowest BCUT2D eigenvalue weighted by Gasteiger charge is -2.12. The third-order valence-corrected chi connectivity index (χ3v) is 3.88. The Morgan fingerprint density at radius 3 is 2.70 bits per heavy atom. The number of hydrogen-bond donors (Lipinski definition) is 1. The molecule has 3 aromatic rings. The monoisotopic (exact) mass is 367 g/mol. The summed E-state index contributed by atoms with van der Waals surface area (Å²) in [5, 5.41) is 14.4. The Labute approximate surface area is 157 Å². The standard InChI is InChI=1S/C19H21N5O3/c1-14-21-22-23-24(14)17-13-15(10-11-18(17)26-2)20-19(25)9-6-12-27-16-7-4-3-5-8-16/h3-5,7-8,10-11,13H,6,9,12H2,1-2H3,(H,20,25). The number of rotatable bonds is 8. The highest BCUT2D eigenvalue weighted by molar-refractivity contribution is 5.91. The van der Waals surface area contributed by atoms with Crippen molar-refractivity contribution in [3.8, 4) is 17.2 Å². The van der Waals surface area contributed by atoms with Crippen molar-refractivity contribution in [1.82, 2.24) is 20.2 Å². The van der Waals surface area contributed by atoms with E-state index in [1.165, 1.54) is 0 Å². The zero-order chi connectivity index (χ0) is 19.1. The molecule has 0 aliphatic carbocycles. The summed E-state index contributed by atoms with van der Waals surface area (Å²) in [5.74, 6) is 1.94. The van der Waals surface area contributed by atoms with Gasteiger partial charge in [-0.1, -0.05) is 18.2 Å². The number of anilines is 1. The number of hydrogen-bond acceptors (Lipinski definition) is 6. The van der Waals surface area contributed by atoms with Crippen LogP contribution in [0.4, 0.5) is 5.69 Å². The zero-order valence-electron chi connectivity index (χ0n) is 15.3. The summed E-state index contributed by atoms with van der Waals surface area (Å²) in [7, 11) is 1.57. The van der Waals surface area contributed by atoms with Crippen molar-refractivity contribution in [2.75, 3.05) is 19.0 Å². The smallest absolute Gasteiger partial charge is 0.224 e. The summed E-state index contributed by atoms with van der Waals surface area (Å²) in [4.78, 5) is 12.2. The minimum atomic E-state index is -0.0868. The van der Waals surface area contributed by atoms with Gasteiger partial charge in [-0.05, 0) is 54.1 Å². The Hall–Kier alpha value is -3.42. The first-order chi connectivity index (χ1) is 13.2. The fraction of sp³-hybridized carbons (Fsp3) is 0.263. The molecule has 1 amide bonds. The zero-order valence-corrected chi connectivity index (χ0v) is 15.3. The second-order valence-corrected chi connectivity index (χ2v) is 5.84. The molecule has 0 spiro atoms. The van der Waals surface area contributed by atoms with E-state index in [2.05, 4.69) is 20.8 Å². The predicted octanol–water partition coefficient (Wildman–Crippen LogP) is 2.78. The molecule has 0 bridgehead atoms. The van der Waals surface area contributed by atoms with E-state index in [4.69, 9.17) is 9.47 Å². The topological polar surface area (TPSA) is 91.2 Å². The maximum absolute atomic E-state index is 12.2. The Balaban J connectivity index is 1.57. The number of carbonyl (C=O) groups excluding carboxylic acids is 1. The molecule has 2 aromatic carbocycles. The predicted molar refractivity (Wildman–Crippen MR) is 100 cm³/mol. The van der Waals surface area contributed by atoms with Crippen LogP contribution in [0, 0.1) is 6.92 Å². The first kappa shape index (κ1) is 18.4. The third kappa shape index (κ3) is 4.81. The quantitative estimate of drug-likeness (QED) is 0.616. The van der Waals surface area contributed by atoms with Crippen LogP contribution in [0.15, 0.2) is 48.5 Å². The van der Waals surface area contributed by atoms with Gasteiger partial charge in [0.2, 0.25) is 5.91 Å². The van der Waals surface area contributed by atoms with E-state index in [-0.39, 0.29) is 5.91 Å². The van der Waals surface area contributed by atoms with Crippen LogP contribution in [0.2, 0.25) is 0 Å². The van der Waals surface area contributed by atoms with Crippen molar-refractivity contribution >= 4 is 11.6 Å². The van der Waals surface area contributed by atoms with Gasteiger partial charge in [-0.3, -0.25) is 4.79 Å². The normalized spacial score (nSPS) is 10.4. The molecule has 0 aliphatic rings. The van der Waals surface area contributed by atoms with E-state index in [9.17, 15) is 4.79 Å². The number of ether oxygens (including phenoxy) is 2. The number of nitrogens with zero attached hydrogens (tertiary/aromatic N) is 4. The highest BCUT2D eigenvalue weighted by Crippen LogP contribution is 2.26. The molecule has 0 fully saturated rings. The lowest BCUT2D eigenvalue weighted by molar-refractivity contribution is -0.116. The van der Waals surface area contributed by atoms with Crippen molar-refractivity contribution < 1.29 is 14.3 Å². The minimum Gasteiger partial charge on any atom is -0.494 e. The van der Waals surface area contributed by atoms with Gasteiger partial charge in [0.25, 0.3) is 0 Å². The van der Waals surface area contributed by atoms with Gasteiger partial charge in [0.1, 0.15) is 17.2 Å². The Morgan fingerprint density at radius 2 is 2.00 bits per heavy atom. The molecule has 8 heteroatoms. The molecule has 8 nitrogen and oxygen atoms in total. The molecule has 140 valence electrons. The maximum Gasteiger partial charge on any atom is 0.224 e. The lowest BCUT2D eigenvalue weighted by atomic mass is 10.2. The molecule has 1 aromatic heterocycles. The Bertz CT molecular complexity index is 895. The number of tetrazole rings is 1. The molecule has 0 atom stereocenters. The molecular formula is C19H21N5O3. The second kappa shape index (κ2) is 8.79. The van der Waals surface area contributed by atoms with Crippen LogP contribution >= 0.6 is 0 Å². The Kier molecular flexibility index (Phi) is 5.98. The van der Waals surface area contributed by atoms with Gasteiger partial charge >= 0.3 is 0 Å². The maximum atomic E-state index is 12.2. The fourth-order valence-corrected chi connectivity index (χ4v) is 2.55. The SMILES string of the molecule is COc1ccc(NC(=O)CCCOc2ccccc2)cc1-n1nnnc1C. The fourth-order valence-electron chi connectivity index (χ4n) is 2.55. The van der Waals surface area contributed by atoms with E-state index in [1.54, 1.807) is 36.9 Å². The van der Waals surface area contributed by atoms with E-state index in [1.807, 2.05) is 30.3 Å². The van der Waals surface area contributed by atoms with Gasteiger partial charge in [0.05, 0.1) is 13.7 Å². The molecule has 3 rings (SSSR count). The minimum absolute atomic E-state index is 0.0868. The van der Waals surface area contributed by atoms with Crippen molar-refractivity contribution in [3.05, 3.63) is 54.4 Å². The summed E-state index contributed by atoms with van der Waals surface area (Å²) in [5.41, 5.74) is 1.31. The van der Waals surface area contributed by atoms with Crippen LogP contribution in [0.5, 0.6) is 11.5 Å². The van der Waals surface area contributed by atoms with E-state index in [0.29, 0.717) is 42.4 Å². The van der Waals surface area contributed by atoms with Crippen molar-refractivity contribution in [2.24, 2.45) is 0 Å². The highest BCUT2D eigenvalue weighted by atomic mass is 16.5. The number of amides is 1. The number of para-hydroxylation sites is 1. The van der Waals surface area contributed by atoms with Crippen LogP contribution < -0.4 is 14.8 Å². The summed E-state index contributed by atoms with van der Waals surface area (Å²) in [6.07, 6.45) is 0.980. The van der Waals surface area contributed by atoms with Crippen molar-refractivity contribution in [3.63, 3.8) is 0 Å². The van der Waals surface area contributed by atoms with Gasteiger partial charge in [0, 0.05) is 12.1 Å². The first-order valence-corrected chi connectivity index (χ1v) is 8.58. The summed E-state index contributed by atoms with van der Waals surface area (Å²) in [6, 6.07) is 14.9. The second-order valence-electron chi connectivity index (χ2n) is 5.84. The van der Waals surface area contributed by atoms with E-state index >= 15 is 0 Å². The molecule has 0 unspecified atom stereocenters. The number of methoxy groups -OCH3 is 1. The number of aromatic nitrogens is 4. The summed E-state index contributed by atoms with van der Waals surface area (Å²) >= 11 is 0. The molecule has 0 aliphatic heterocycles. The average molecular weight is 367 g/mol. The van der Waals surface area contributed by atoms with Crippen molar-refractivity contribution in [2.45, 2.75) is 19.8 Å². The highest BCUT2D eigenvalue weighted by Gasteiger charge is 2.12. The number of aryl methyl sites for hydroxylation is 1. The Morgan fingerprint density at radius 1 is 1.19 bits per heavy atom. The van der Waals surface area contributed by atoms with Gasteiger partial charge in [0.15, 0.2) is 5.82 Å². The van der Waals surface area contributed by atoms with Crippen molar-refractivity contribution in [1.29, 1.82) is 0 Å². The van der Waals surface area contributed by atoms with Gasteiger partial charge in [-0.15, -0.1) is 5.10 Å². The molecule has 27 heavy (non-hydrogen) atoms. The number of carbonyl (C=O) groups is 1. The van der Waals surface area contributed by atoms with E-state index < -0.39 is 0 Å². The number of benzene rings is 2. The lowest BCUT2D eigenvalue weighted by Crippen LogP contribution is -2.13. The largest absolute Gasteiger partial charge is 0.494 e. The molecule has 0 radical (unpaired) electrons. The molecule has 0 saturated heterocycles.